The molecule has 1 heterocycles. The zero-order chi connectivity index (χ0) is 23.8. The highest BCUT2D eigenvalue weighted by molar-refractivity contribution is 5.99. The van der Waals surface area contributed by atoms with Gasteiger partial charge >= 0.3 is 5.97 Å². The van der Waals surface area contributed by atoms with Crippen molar-refractivity contribution in [2.45, 2.75) is 39.7 Å². The quantitative estimate of drug-likeness (QED) is 0.585. The van der Waals surface area contributed by atoms with E-state index in [1.807, 2.05) is 38.1 Å². The molecule has 1 atom stereocenters. The average molecular weight is 455 g/mol. The molecule has 2 amide bonds. The van der Waals surface area contributed by atoms with E-state index in [0.29, 0.717) is 36.8 Å². The lowest BCUT2D eigenvalue weighted by molar-refractivity contribution is -0.152. The SMILES string of the molecule is CCOc1ccc(C(=O)NCC(=O)OC(C)C(=O)N2CCCc3ccccc32)cc1OCC. The fraction of sp³-hybridized carbons (Fsp3) is 0.400. The van der Waals surface area contributed by atoms with Crippen LogP contribution in [0.25, 0.3) is 0 Å². The Morgan fingerprint density at radius 1 is 1.03 bits per heavy atom. The molecule has 0 radical (unpaired) electrons. The maximum atomic E-state index is 12.9. The van der Waals surface area contributed by atoms with Crippen molar-refractivity contribution in [1.29, 1.82) is 0 Å². The summed E-state index contributed by atoms with van der Waals surface area (Å²) in [5, 5.41) is 2.52. The van der Waals surface area contributed by atoms with Crippen LogP contribution in [0.3, 0.4) is 0 Å². The highest BCUT2D eigenvalue weighted by Crippen LogP contribution is 2.29. The van der Waals surface area contributed by atoms with Crippen molar-refractivity contribution in [2.24, 2.45) is 0 Å². The fourth-order valence-corrected chi connectivity index (χ4v) is 3.72. The first kappa shape index (κ1) is 24.1. The van der Waals surface area contributed by atoms with Crippen LogP contribution in [0.15, 0.2) is 42.5 Å². The Balaban J connectivity index is 1.55. The van der Waals surface area contributed by atoms with Crippen LogP contribution in [0.4, 0.5) is 5.69 Å². The molecule has 0 spiro atoms. The van der Waals surface area contributed by atoms with E-state index in [4.69, 9.17) is 14.2 Å². The standard InChI is InChI=1S/C25H30N2O6/c1-4-31-21-13-12-19(15-22(21)32-5-2)24(29)26-16-23(28)33-17(3)25(30)27-14-8-10-18-9-6-7-11-20(18)27/h6-7,9,11-13,15,17H,4-5,8,10,14,16H2,1-3H3,(H,26,29). The lowest BCUT2D eigenvalue weighted by Gasteiger charge is -2.31. The lowest BCUT2D eigenvalue weighted by Crippen LogP contribution is -2.43. The van der Waals surface area contributed by atoms with E-state index in [1.165, 1.54) is 0 Å². The normalized spacial score (nSPS) is 13.5. The van der Waals surface area contributed by atoms with Crippen molar-refractivity contribution >= 4 is 23.5 Å². The molecule has 1 N–H and O–H groups in total. The summed E-state index contributed by atoms with van der Waals surface area (Å²) in [6.45, 7) is 6.35. The third kappa shape index (κ3) is 6.03. The minimum atomic E-state index is -0.962. The molecule has 0 saturated carbocycles. The van der Waals surface area contributed by atoms with Crippen molar-refractivity contribution in [3.8, 4) is 11.5 Å². The first-order chi connectivity index (χ1) is 15.9. The first-order valence-corrected chi connectivity index (χ1v) is 11.2. The van der Waals surface area contributed by atoms with Crippen molar-refractivity contribution in [2.75, 3.05) is 31.2 Å². The molecule has 0 saturated heterocycles. The molecule has 33 heavy (non-hydrogen) atoms. The summed E-state index contributed by atoms with van der Waals surface area (Å²) in [6, 6.07) is 12.5. The summed E-state index contributed by atoms with van der Waals surface area (Å²) >= 11 is 0. The average Bonchev–Trinajstić information content (AvgIpc) is 2.83. The third-order valence-electron chi connectivity index (χ3n) is 5.23. The summed E-state index contributed by atoms with van der Waals surface area (Å²) in [4.78, 5) is 39.3. The number of hydrogen-bond donors (Lipinski definition) is 1. The number of nitrogens with zero attached hydrogens (tertiary/aromatic N) is 1. The van der Waals surface area contributed by atoms with Crippen LogP contribution in [0, 0.1) is 0 Å². The Hall–Kier alpha value is -3.55. The molecule has 8 heteroatoms. The monoisotopic (exact) mass is 454 g/mol. The predicted molar refractivity (Wildman–Crippen MR) is 124 cm³/mol. The third-order valence-corrected chi connectivity index (χ3v) is 5.23. The van der Waals surface area contributed by atoms with Gasteiger partial charge in [0.2, 0.25) is 0 Å². The van der Waals surface area contributed by atoms with Gasteiger partial charge < -0.3 is 24.4 Å². The summed E-state index contributed by atoms with van der Waals surface area (Å²) in [5.41, 5.74) is 2.28. The molecule has 2 aromatic carbocycles. The van der Waals surface area contributed by atoms with Crippen molar-refractivity contribution in [3.63, 3.8) is 0 Å². The van der Waals surface area contributed by atoms with Gasteiger partial charge in [-0.1, -0.05) is 18.2 Å². The van der Waals surface area contributed by atoms with Gasteiger partial charge in [-0.05, 0) is 63.4 Å². The van der Waals surface area contributed by atoms with Crippen LogP contribution in [0.2, 0.25) is 0 Å². The van der Waals surface area contributed by atoms with Crippen LogP contribution in [-0.2, 0) is 20.7 Å². The van der Waals surface area contributed by atoms with Gasteiger partial charge in [-0.15, -0.1) is 0 Å². The van der Waals surface area contributed by atoms with E-state index in [1.54, 1.807) is 30.0 Å². The van der Waals surface area contributed by atoms with E-state index in [0.717, 1.165) is 24.1 Å². The predicted octanol–water partition coefficient (Wildman–Crippen LogP) is 3.12. The second-order valence-corrected chi connectivity index (χ2v) is 7.56. The van der Waals surface area contributed by atoms with E-state index < -0.39 is 18.0 Å². The first-order valence-electron chi connectivity index (χ1n) is 11.2. The van der Waals surface area contributed by atoms with E-state index in [9.17, 15) is 14.4 Å². The highest BCUT2D eigenvalue weighted by atomic mass is 16.5. The number of ether oxygens (including phenoxy) is 3. The van der Waals surface area contributed by atoms with Gasteiger partial charge in [-0.2, -0.15) is 0 Å². The van der Waals surface area contributed by atoms with Gasteiger partial charge in [-0.25, -0.2) is 0 Å². The van der Waals surface area contributed by atoms with Gasteiger partial charge in [0.05, 0.1) is 13.2 Å². The van der Waals surface area contributed by atoms with Gasteiger partial charge in [0.15, 0.2) is 17.6 Å². The van der Waals surface area contributed by atoms with Crippen LogP contribution < -0.4 is 19.7 Å². The largest absolute Gasteiger partial charge is 0.490 e. The van der Waals surface area contributed by atoms with Gasteiger partial charge in [0, 0.05) is 17.8 Å². The molecule has 3 rings (SSSR count). The Bertz CT molecular complexity index is 1010. The number of fused-ring (bicyclic) bond motifs is 1. The molecule has 0 aliphatic carbocycles. The van der Waals surface area contributed by atoms with E-state index in [-0.39, 0.29) is 12.5 Å². The Labute approximate surface area is 193 Å². The molecule has 0 aromatic heterocycles. The van der Waals surface area contributed by atoms with Crippen molar-refractivity contribution < 1.29 is 28.6 Å². The highest BCUT2D eigenvalue weighted by Gasteiger charge is 2.28. The maximum Gasteiger partial charge on any atom is 0.326 e. The molecular weight excluding hydrogens is 424 g/mol. The molecule has 1 aliphatic rings. The van der Waals surface area contributed by atoms with Crippen molar-refractivity contribution in [3.05, 3.63) is 53.6 Å². The zero-order valence-corrected chi connectivity index (χ0v) is 19.3. The summed E-state index contributed by atoms with van der Waals surface area (Å²) < 4.78 is 16.3. The van der Waals surface area contributed by atoms with Crippen LogP contribution in [-0.4, -0.2) is 50.2 Å². The number of anilines is 1. The van der Waals surface area contributed by atoms with Crippen LogP contribution in [0.1, 0.15) is 43.1 Å². The number of aryl methyl sites for hydroxylation is 1. The smallest absolute Gasteiger partial charge is 0.326 e. The minimum Gasteiger partial charge on any atom is -0.490 e. The second kappa shape index (κ2) is 11.4. The number of amides is 2. The van der Waals surface area contributed by atoms with Gasteiger partial charge in [0.1, 0.15) is 6.54 Å². The van der Waals surface area contributed by atoms with E-state index in [2.05, 4.69) is 5.32 Å². The van der Waals surface area contributed by atoms with Crippen LogP contribution >= 0.6 is 0 Å². The summed E-state index contributed by atoms with van der Waals surface area (Å²) in [5.74, 6) is -0.433. The number of nitrogens with one attached hydrogen (secondary N) is 1. The molecule has 1 unspecified atom stereocenters. The number of hydrogen-bond acceptors (Lipinski definition) is 6. The molecule has 0 fully saturated rings. The minimum absolute atomic E-state index is 0.283. The molecule has 2 aromatic rings. The Morgan fingerprint density at radius 3 is 2.52 bits per heavy atom. The number of carbonyl (C=O) groups excluding carboxylic acids is 3. The van der Waals surface area contributed by atoms with Gasteiger partial charge in [0.25, 0.3) is 11.8 Å². The van der Waals surface area contributed by atoms with Crippen molar-refractivity contribution in [1.82, 2.24) is 5.32 Å². The molecule has 176 valence electrons. The number of esters is 1. The van der Waals surface area contributed by atoms with E-state index >= 15 is 0 Å². The van der Waals surface area contributed by atoms with Crippen LogP contribution in [0.5, 0.6) is 11.5 Å². The molecule has 1 aliphatic heterocycles. The second-order valence-electron chi connectivity index (χ2n) is 7.56. The number of rotatable bonds is 9. The lowest BCUT2D eigenvalue weighted by atomic mass is 10.0. The Kier molecular flexibility index (Phi) is 8.29. The molecule has 0 bridgehead atoms. The number of benzene rings is 2. The summed E-state index contributed by atoms with van der Waals surface area (Å²) in [6.07, 6.45) is 0.803. The maximum absolute atomic E-state index is 12.9. The number of carbonyl (C=O) groups is 3. The summed E-state index contributed by atoms with van der Waals surface area (Å²) in [7, 11) is 0. The van der Waals surface area contributed by atoms with Gasteiger partial charge in [-0.3, -0.25) is 14.4 Å². The number of para-hydroxylation sites is 1. The fourth-order valence-electron chi connectivity index (χ4n) is 3.72. The molecular formula is C25H30N2O6. The topological polar surface area (TPSA) is 94.2 Å². The zero-order valence-electron chi connectivity index (χ0n) is 19.3. The Morgan fingerprint density at radius 2 is 1.76 bits per heavy atom. The molecule has 8 nitrogen and oxygen atoms in total.